The lowest BCUT2D eigenvalue weighted by Crippen LogP contribution is -2.47. The summed E-state index contributed by atoms with van der Waals surface area (Å²) in [4.78, 5) is 25.8. The van der Waals surface area contributed by atoms with E-state index in [1.807, 2.05) is 53.4 Å². The minimum absolute atomic E-state index is 0.0122. The van der Waals surface area contributed by atoms with Gasteiger partial charge in [0.1, 0.15) is 6.10 Å². The van der Waals surface area contributed by atoms with Crippen LogP contribution in [0.25, 0.3) is 16.7 Å². The standard InChI is InChI=1S/C23H20N6O2/c30-23(17-5-1-2-6-18(17)29-25-10-11-26-29)28-14-15-12-19(28)20(13-15)31-21-8-7-16-4-3-9-24-22(16)27-21/h1-11,15,19-20H,12-14H2/t15-,19+,20-/m1/s1. The zero-order valence-electron chi connectivity index (χ0n) is 16.7. The Balaban J connectivity index is 1.26. The third-order valence-corrected chi connectivity index (χ3v) is 6.16. The molecule has 1 saturated carbocycles. The summed E-state index contributed by atoms with van der Waals surface area (Å²) >= 11 is 0. The Morgan fingerprint density at radius 3 is 2.71 bits per heavy atom. The van der Waals surface area contributed by atoms with Crippen LogP contribution in [-0.2, 0) is 0 Å². The van der Waals surface area contributed by atoms with Gasteiger partial charge in [0, 0.05) is 24.2 Å². The Kier molecular flexibility index (Phi) is 4.15. The molecule has 0 radical (unpaired) electrons. The highest BCUT2D eigenvalue weighted by atomic mass is 16.5. The van der Waals surface area contributed by atoms with Crippen molar-refractivity contribution in [3.8, 4) is 11.6 Å². The predicted octanol–water partition coefficient (Wildman–Crippen LogP) is 2.89. The van der Waals surface area contributed by atoms with Gasteiger partial charge in [-0.1, -0.05) is 12.1 Å². The molecule has 2 aliphatic rings. The maximum atomic E-state index is 13.5. The van der Waals surface area contributed by atoms with Crippen LogP contribution in [0.4, 0.5) is 0 Å². The smallest absolute Gasteiger partial charge is 0.256 e. The van der Waals surface area contributed by atoms with Gasteiger partial charge in [0.2, 0.25) is 5.88 Å². The van der Waals surface area contributed by atoms with Gasteiger partial charge in [0.15, 0.2) is 5.65 Å². The summed E-state index contributed by atoms with van der Waals surface area (Å²) < 4.78 is 6.26. The van der Waals surface area contributed by atoms with E-state index in [2.05, 4.69) is 20.2 Å². The number of carbonyl (C=O) groups is 1. The van der Waals surface area contributed by atoms with Crippen LogP contribution < -0.4 is 4.74 Å². The molecule has 4 heterocycles. The van der Waals surface area contributed by atoms with Crippen molar-refractivity contribution < 1.29 is 9.53 Å². The molecule has 31 heavy (non-hydrogen) atoms. The van der Waals surface area contributed by atoms with Crippen molar-refractivity contribution in [3.05, 3.63) is 72.7 Å². The van der Waals surface area contributed by atoms with E-state index >= 15 is 0 Å². The van der Waals surface area contributed by atoms with Crippen LogP contribution in [0.3, 0.4) is 0 Å². The van der Waals surface area contributed by atoms with Crippen LogP contribution >= 0.6 is 0 Å². The largest absolute Gasteiger partial charge is 0.472 e. The maximum absolute atomic E-state index is 13.5. The quantitative estimate of drug-likeness (QED) is 0.512. The molecule has 154 valence electrons. The van der Waals surface area contributed by atoms with Gasteiger partial charge in [0.05, 0.1) is 29.7 Å². The Labute approximate surface area is 178 Å². The second-order valence-corrected chi connectivity index (χ2v) is 8.05. The number of piperidine rings is 1. The third kappa shape index (κ3) is 3.11. The molecule has 1 aliphatic heterocycles. The summed E-state index contributed by atoms with van der Waals surface area (Å²) in [7, 11) is 0. The molecular weight excluding hydrogens is 392 g/mol. The summed E-state index contributed by atoms with van der Waals surface area (Å²) in [6, 6.07) is 15.2. The Bertz CT molecular complexity index is 1260. The van der Waals surface area contributed by atoms with E-state index in [9.17, 15) is 4.79 Å². The van der Waals surface area contributed by atoms with Crippen molar-refractivity contribution in [1.29, 1.82) is 0 Å². The number of fused-ring (bicyclic) bond motifs is 3. The highest BCUT2D eigenvalue weighted by Crippen LogP contribution is 2.40. The first-order valence-corrected chi connectivity index (χ1v) is 10.4. The summed E-state index contributed by atoms with van der Waals surface area (Å²) in [5.74, 6) is 0.978. The zero-order chi connectivity index (χ0) is 20.8. The van der Waals surface area contributed by atoms with E-state index in [1.54, 1.807) is 18.6 Å². The van der Waals surface area contributed by atoms with Crippen LogP contribution in [-0.4, -0.2) is 54.5 Å². The van der Waals surface area contributed by atoms with Gasteiger partial charge >= 0.3 is 0 Å². The van der Waals surface area contributed by atoms with Crippen LogP contribution in [0, 0.1) is 5.92 Å². The van der Waals surface area contributed by atoms with Gasteiger partial charge in [-0.05, 0) is 49.1 Å². The lowest BCUT2D eigenvalue weighted by Gasteiger charge is -2.33. The number of nitrogens with zero attached hydrogens (tertiary/aromatic N) is 6. The van der Waals surface area contributed by atoms with E-state index < -0.39 is 0 Å². The molecule has 1 saturated heterocycles. The van der Waals surface area contributed by atoms with Gasteiger partial charge in [-0.3, -0.25) is 4.79 Å². The fourth-order valence-corrected chi connectivity index (χ4v) is 4.81. The predicted molar refractivity (Wildman–Crippen MR) is 113 cm³/mol. The molecule has 3 atom stereocenters. The van der Waals surface area contributed by atoms with Crippen LogP contribution in [0.2, 0.25) is 0 Å². The first-order chi connectivity index (χ1) is 15.3. The molecular formula is C23H20N6O2. The summed E-state index contributed by atoms with van der Waals surface area (Å²) in [5.41, 5.74) is 1.94. The van der Waals surface area contributed by atoms with Crippen LogP contribution in [0.15, 0.2) is 67.1 Å². The van der Waals surface area contributed by atoms with Crippen molar-refractivity contribution in [2.45, 2.75) is 25.0 Å². The molecule has 3 aromatic heterocycles. The number of hydrogen-bond donors (Lipinski definition) is 0. The van der Waals surface area contributed by atoms with Gasteiger partial charge in [-0.2, -0.15) is 20.0 Å². The molecule has 1 aliphatic carbocycles. The van der Waals surface area contributed by atoms with Gasteiger partial charge in [-0.15, -0.1) is 0 Å². The Morgan fingerprint density at radius 1 is 0.968 bits per heavy atom. The second-order valence-electron chi connectivity index (χ2n) is 8.05. The van der Waals surface area contributed by atoms with Crippen molar-refractivity contribution in [2.75, 3.05) is 6.54 Å². The van der Waals surface area contributed by atoms with Gasteiger partial charge < -0.3 is 9.64 Å². The molecule has 2 fully saturated rings. The number of rotatable bonds is 4. The number of ether oxygens (including phenoxy) is 1. The fourth-order valence-electron chi connectivity index (χ4n) is 4.81. The molecule has 8 heteroatoms. The van der Waals surface area contributed by atoms with Crippen molar-refractivity contribution >= 4 is 16.9 Å². The van der Waals surface area contributed by atoms with E-state index in [0.29, 0.717) is 28.7 Å². The SMILES string of the molecule is O=C(c1ccccc1-n1nccn1)N1C[C@H]2C[C@@H](Oc3ccc4cccnc4n3)[C@@H]1C2. The van der Waals surface area contributed by atoms with Gasteiger partial charge in [0.25, 0.3) is 5.91 Å². The third-order valence-electron chi connectivity index (χ3n) is 6.16. The number of amides is 1. The molecule has 2 bridgehead atoms. The number of aromatic nitrogens is 5. The zero-order valence-corrected chi connectivity index (χ0v) is 16.7. The molecule has 0 N–H and O–H groups in total. The number of benzene rings is 1. The highest BCUT2D eigenvalue weighted by Gasteiger charge is 2.48. The minimum atomic E-state index is -0.0775. The summed E-state index contributed by atoms with van der Waals surface area (Å²) in [6.07, 6.45) is 6.74. The summed E-state index contributed by atoms with van der Waals surface area (Å²) in [5, 5.41) is 9.37. The topological polar surface area (TPSA) is 86.0 Å². The molecule has 1 amide bonds. The van der Waals surface area contributed by atoms with Crippen LogP contribution in [0.5, 0.6) is 5.88 Å². The average Bonchev–Trinajstić information content (AvgIpc) is 3.56. The van der Waals surface area contributed by atoms with Crippen molar-refractivity contribution in [1.82, 2.24) is 29.9 Å². The first-order valence-electron chi connectivity index (χ1n) is 10.4. The second kappa shape index (κ2) is 7.16. The number of para-hydroxylation sites is 1. The highest BCUT2D eigenvalue weighted by molar-refractivity contribution is 5.98. The number of likely N-dealkylation sites (tertiary alicyclic amines) is 1. The molecule has 6 rings (SSSR count). The average molecular weight is 412 g/mol. The normalized spacial score (nSPS) is 22.2. The molecule has 0 unspecified atom stereocenters. The van der Waals surface area contributed by atoms with Crippen LogP contribution in [0.1, 0.15) is 23.2 Å². The number of pyridine rings is 2. The molecule has 4 aromatic rings. The number of carbonyl (C=O) groups excluding carboxylic acids is 1. The lowest BCUT2D eigenvalue weighted by atomic mass is 10.1. The molecule has 0 spiro atoms. The van der Waals surface area contributed by atoms with E-state index in [0.717, 1.165) is 24.8 Å². The summed E-state index contributed by atoms with van der Waals surface area (Å²) in [6.45, 7) is 0.747. The minimum Gasteiger partial charge on any atom is -0.472 e. The lowest BCUT2D eigenvalue weighted by molar-refractivity contribution is 0.0467. The fraction of sp³-hybridized carbons (Fsp3) is 0.261. The maximum Gasteiger partial charge on any atom is 0.256 e. The first kappa shape index (κ1) is 18.0. The van der Waals surface area contributed by atoms with Gasteiger partial charge in [-0.25, -0.2) is 4.98 Å². The van der Waals surface area contributed by atoms with E-state index in [-0.39, 0.29) is 18.1 Å². The number of hydrogen-bond acceptors (Lipinski definition) is 6. The van der Waals surface area contributed by atoms with Crippen molar-refractivity contribution in [3.63, 3.8) is 0 Å². The van der Waals surface area contributed by atoms with Crippen molar-refractivity contribution in [2.24, 2.45) is 5.92 Å². The Hall–Kier alpha value is -3.81. The molecule has 1 aromatic carbocycles. The van der Waals surface area contributed by atoms with E-state index in [1.165, 1.54) is 4.80 Å². The Morgan fingerprint density at radius 2 is 1.84 bits per heavy atom. The monoisotopic (exact) mass is 412 g/mol. The molecule has 8 nitrogen and oxygen atoms in total. The van der Waals surface area contributed by atoms with E-state index in [4.69, 9.17) is 4.74 Å².